The molecule has 4 rings (SSSR count). The molecular weight excluding hydrogens is 727 g/mol. The van der Waals surface area contributed by atoms with Gasteiger partial charge in [0.15, 0.2) is 0 Å². The van der Waals surface area contributed by atoms with Gasteiger partial charge in [-0.25, -0.2) is 8.42 Å². The summed E-state index contributed by atoms with van der Waals surface area (Å²) in [6.07, 6.45) is 0.0601. The van der Waals surface area contributed by atoms with Gasteiger partial charge in [0, 0.05) is 51.3 Å². The first kappa shape index (κ1) is 38.4. The van der Waals surface area contributed by atoms with Crippen molar-refractivity contribution in [2.24, 2.45) is 0 Å². The highest BCUT2D eigenvalue weighted by molar-refractivity contribution is 7.92. The molecule has 0 saturated heterocycles. The Labute approximate surface area is 305 Å². The van der Waals surface area contributed by atoms with E-state index >= 15 is 0 Å². The molecular formula is C35H35Cl3N4O7S. The van der Waals surface area contributed by atoms with Gasteiger partial charge in [-0.2, -0.15) is 0 Å². The van der Waals surface area contributed by atoms with E-state index in [9.17, 15) is 28.1 Å². The summed E-state index contributed by atoms with van der Waals surface area (Å²) in [4.78, 5) is 40.5. The highest BCUT2D eigenvalue weighted by Gasteiger charge is 2.37. The molecule has 0 unspecified atom stereocenters. The van der Waals surface area contributed by atoms with Crippen LogP contribution in [0.25, 0.3) is 0 Å². The summed E-state index contributed by atoms with van der Waals surface area (Å²) in [5.74, 6) is -1.26. The minimum absolute atomic E-state index is 0.0477. The predicted octanol–water partition coefficient (Wildman–Crippen LogP) is 7.23. The Kier molecular flexibility index (Phi) is 12.7. The summed E-state index contributed by atoms with van der Waals surface area (Å²) < 4.78 is 35.2. The van der Waals surface area contributed by atoms with Gasteiger partial charge in [-0.3, -0.25) is 24.0 Å². The first-order valence-electron chi connectivity index (χ1n) is 15.3. The number of aryl methyl sites for hydroxylation is 1. The van der Waals surface area contributed by atoms with Crippen LogP contribution in [-0.4, -0.2) is 55.8 Å². The monoisotopic (exact) mass is 760 g/mol. The lowest BCUT2D eigenvalue weighted by atomic mass is 10.0. The van der Waals surface area contributed by atoms with Gasteiger partial charge in [-0.1, -0.05) is 77.3 Å². The number of benzene rings is 4. The lowest BCUT2D eigenvalue weighted by Gasteiger charge is -2.34. The van der Waals surface area contributed by atoms with Crippen LogP contribution < -0.4 is 14.4 Å². The third-order valence-electron chi connectivity index (χ3n) is 7.75. The molecule has 264 valence electrons. The second kappa shape index (κ2) is 16.6. The van der Waals surface area contributed by atoms with E-state index in [1.54, 1.807) is 56.3 Å². The van der Waals surface area contributed by atoms with E-state index in [0.717, 1.165) is 15.9 Å². The highest BCUT2D eigenvalue weighted by Crippen LogP contribution is 2.36. The van der Waals surface area contributed by atoms with E-state index in [1.165, 1.54) is 49.3 Å². The Balaban J connectivity index is 1.93. The van der Waals surface area contributed by atoms with Gasteiger partial charge < -0.3 is 15.0 Å². The number of hydrogen-bond donors (Lipinski definition) is 1. The van der Waals surface area contributed by atoms with Crippen LogP contribution in [0.2, 0.25) is 15.1 Å². The first-order chi connectivity index (χ1) is 23.6. The minimum atomic E-state index is -4.73. The second-order valence-electron chi connectivity index (χ2n) is 11.6. The van der Waals surface area contributed by atoms with Crippen LogP contribution in [0, 0.1) is 17.0 Å². The van der Waals surface area contributed by atoms with Gasteiger partial charge in [0.25, 0.3) is 15.7 Å². The average molecular weight is 762 g/mol. The molecule has 0 saturated carbocycles. The molecule has 0 aliphatic heterocycles. The van der Waals surface area contributed by atoms with E-state index in [0.29, 0.717) is 5.56 Å². The van der Waals surface area contributed by atoms with Crippen molar-refractivity contribution in [1.29, 1.82) is 0 Å². The molecule has 4 aromatic carbocycles. The number of nitrogens with one attached hydrogen (secondary N) is 1. The number of amides is 2. The molecule has 1 N–H and O–H groups in total. The maximum atomic E-state index is 14.7. The number of sulfonamides is 1. The normalized spacial score (nSPS) is 11.9. The largest absolute Gasteiger partial charge is 0.495 e. The van der Waals surface area contributed by atoms with Gasteiger partial charge in [0.2, 0.25) is 11.8 Å². The number of rotatable bonds is 14. The predicted molar refractivity (Wildman–Crippen MR) is 195 cm³/mol. The molecule has 1 atom stereocenters. The number of nitrogens with zero attached hydrogens (tertiary/aromatic N) is 3. The van der Waals surface area contributed by atoms with Gasteiger partial charge in [0.05, 0.1) is 22.6 Å². The quantitative estimate of drug-likeness (QED) is 0.106. The number of ether oxygens (including phenoxy) is 1. The van der Waals surface area contributed by atoms with Gasteiger partial charge in [-0.05, 0) is 62.7 Å². The SMILES string of the molecule is COc1ccc(Cl)cc1N(CC(=O)N(Cc1c(Cl)cccc1Cl)[C@@H](Cc1ccccc1)C(=O)NC(C)C)S(=O)(=O)c1ccc(C)c([N+](=O)[O-])c1. The van der Waals surface area contributed by atoms with E-state index < -0.39 is 49.9 Å². The van der Waals surface area contributed by atoms with Gasteiger partial charge in [-0.15, -0.1) is 0 Å². The molecule has 0 bridgehead atoms. The molecule has 2 amide bonds. The van der Waals surface area contributed by atoms with Crippen molar-refractivity contribution in [1.82, 2.24) is 10.2 Å². The number of nitro benzene ring substituents is 1. The molecule has 0 aromatic heterocycles. The van der Waals surface area contributed by atoms with Crippen LogP contribution in [-0.2, 0) is 32.6 Å². The molecule has 4 aromatic rings. The summed E-state index contributed by atoms with van der Waals surface area (Å²) in [6, 6.07) is 20.0. The number of nitro groups is 1. The van der Waals surface area contributed by atoms with Crippen LogP contribution >= 0.6 is 34.8 Å². The Hall–Kier alpha value is -4.36. The smallest absolute Gasteiger partial charge is 0.273 e. The summed E-state index contributed by atoms with van der Waals surface area (Å²) >= 11 is 19.4. The minimum Gasteiger partial charge on any atom is -0.495 e. The molecule has 15 heteroatoms. The Bertz CT molecular complexity index is 1980. The number of carbonyl (C=O) groups excluding carboxylic acids is 2. The fourth-order valence-electron chi connectivity index (χ4n) is 5.23. The molecule has 0 aliphatic rings. The van der Waals surface area contributed by atoms with Crippen molar-refractivity contribution < 1.29 is 27.7 Å². The van der Waals surface area contributed by atoms with Crippen molar-refractivity contribution in [3.63, 3.8) is 0 Å². The average Bonchev–Trinajstić information content (AvgIpc) is 3.06. The maximum Gasteiger partial charge on any atom is 0.273 e. The molecule has 0 spiro atoms. The molecule has 50 heavy (non-hydrogen) atoms. The zero-order valence-electron chi connectivity index (χ0n) is 27.6. The Morgan fingerprint density at radius 2 is 1.60 bits per heavy atom. The fraction of sp³-hybridized carbons (Fsp3) is 0.257. The van der Waals surface area contributed by atoms with E-state index in [-0.39, 0.29) is 51.1 Å². The third-order valence-corrected chi connectivity index (χ3v) is 10.4. The lowest BCUT2D eigenvalue weighted by molar-refractivity contribution is -0.385. The van der Waals surface area contributed by atoms with Crippen molar-refractivity contribution in [3.8, 4) is 5.75 Å². The van der Waals surface area contributed by atoms with Crippen molar-refractivity contribution in [3.05, 3.63) is 127 Å². The van der Waals surface area contributed by atoms with Crippen LogP contribution in [0.3, 0.4) is 0 Å². The summed E-state index contributed by atoms with van der Waals surface area (Å²) in [5.41, 5.74) is 0.757. The van der Waals surface area contributed by atoms with Crippen molar-refractivity contribution >= 4 is 68.0 Å². The first-order valence-corrected chi connectivity index (χ1v) is 17.9. The third kappa shape index (κ3) is 9.05. The Morgan fingerprint density at radius 1 is 0.940 bits per heavy atom. The maximum absolute atomic E-state index is 14.7. The molecule has 0 heterocycles. The van der Waals surface area contributed by atoms with Crippen molar-refractivity contribution in [2.75, 3.05) is 18.0 Å². The zero-order chi connectivity index (χ0) is 36.7. The van der Waals surface area contributed by atoms with Gasteiger partial charge in [0.1, 0.15) is 18.3 Å². The highest BCUT2D eigenvalue weighted by atomic mass is 35.5. The van der Waals surface area contributed by atoms with Crippen molar-refractivity contribution in [2.45, 2.75) is 50.7 Å². The van der Waals surface area contributed by atoms with E-state index in [4.69, 9.17) is 39.5 Å². The zero-order valence-corrected chi connectivity index (χ0v) is 30.7. The topological polar surface area (TPSA) is 139 Å². The van der Waals surface area contributed by atoms with Gasteiger partial charge >= 0.3 is 0 Å². The van der Waals surface area contributed by atoms with E-state index in [2.05, 4.69) is 5.32 Å². The Morgan fingerprint density at radius 3 is 2.20 bits per heavy atom. The molecule has 11 nitrogen and oxygen atoms in total. The lowest BCUT2D eigenvalue weighted by Crippen LogP contribution is -2.54. The number of halogens is 3. The van der Waals surface area contributed by atoms with E-state index in [1.807, 2.05) is 6.07 Å². The van der Waals surface area contributed by atoms with Crippen LogP contribution in [0.5, 0.6) is 5.75 Å². The van der Waals surface area contributed by atoms with Crippen LogP contribution in [0.4, 0.5) is 11.4 Å². The fourth-order valence-corrected chi connectivity index (χ4v) is 7.35. The number of methoxy groups -OCH3 is 1. The standard InChI is InChI=1S/C35H35Cl3N4O7S/c1-22(2)39-35(44)32(17-24-9-6-5-7-10-24)40(20-27-28(37)11-8-12-29(27)38)34(43)21-41(31-18-25(36)14-16-33(31)49-4)50(47,48)26-15-13-23(3)30(19-26)42(45)46/h5-16,18-19,22,32H,17,20-21H2,1-4H3,(H,39,44)/t32-/m0/s1. The molecule has 0 radical (unpaired) electrons. The number of anilines is 1. The second-order valence-corrected chi connectivity index (χ2v) is 14.7. The molecule has 0 aliphatic carbocycles. The summed E-state index contributed by atoms with van der Waals surface area (Å²) in [6.45, 7) is 3.88. The summed E-state index contributed by atoms with van der Waals surface area (Å²) in [7, 11) is -3.41. The summed E-state index contributed by atoms with van der Waals surface area (Å²) in [5, 5.41) is 15.2. The number of hydrogen-bond acceptors (Lipinski definition) is 7. The molecule has 0 fully saturated rings. The van der Waals surface area contributed by atoms with Crippen LogP contribution in [0.15, 0.2) is 89.8 Å². The van der Waals surface area contributed by atoms with Crippen LogP contribution in [0.1, 0.15) is 30.5 Å². The number of carbonyl (C=O) groups is 2.